The fraction of sp³-hybridized carbons (Fsp3) is 0.316. The van der Waals surface area contributed by atoms with E-state index in [0.29, 0.717) is 0 Å². The average molecular weight is 337 g/mol. The fourth-order valence-corrected chi connectivity index (χ4v) is 3.02. The zero-order valence-corrected chi connectivity index (χ0v) is 15.2. The Labute approximate surface area is 147 Å². The number of pyridine rings is 2. The quantitative estimate of drug-likeness (QED) is 0.792. The zero-order chi connectivity index (χ0) is 18.1. The van der Waals surface area contributed by atoms with Crippen LogP contribution in [-0.4, -0.2) is 39.4 Å². The molecular formula is C19H23N5O. The summed E-state index contributed by atoms with van der Waals surface area (Å²) in [5.41, 5.74) is 3.98. The van der Waals surface area contributed by atoms with Crippen molar-refractivity contribution in [3.05, 3.63) is 48.0 Å². The maximum absolute atomic E-state index is 12.3. The molecule has 3 heterocycles. The lowest BCUT2D eigenvalue weighted by atomic mass is 10.2. The van der Waals surface area contributed by atoms with E-state index < -0.39 is 0 Å². The number of aromatic nitrogens is 3. The molecule has 0 aromatic carbocycles. The molecule has 1 unspecified atom stereocenters. The molecule has 0 aliphatic carbocycles. The molecule has 1 N–H and O–H groups in total. The molecule has 0 saturated carbocycles. The van der Waals surface area contributed by atoms with Crippen molar-refractivity contribution in [1.82, 2.24) is 19.4 Å². The summed E-state index contributed by atoms with van der Waals surface area (Å²) >= 11 is 0. The van der Waals surface area contributed by atoms with Gasteiger partial charge in [0.05, 0.1) is 16.9 Å². The Morgan fingerprint density at radius 2 is 1.88 bits per heavy atom. The first-order valence-corrected chi connectivity index (χ1v) is 8.26. The molecule has 0 fully saturated rings. The highest BCUT2D eigenvalue weighted by atomic mass is 16.2. The van der Waals surface area contributed by atoms with Gasteiger partial charge in [-0.25, -0.2) is 4.98 Å². The van der Waals surface area contributed by atoms with Crippen molar-refractivity contribution >= 4 is 28.3 Å². The first-order chi connectivity index (χ1) is 11.9. The van der Waals surface area contributed by atoms with E-state index in [4.69, 9.17) is 0 Å². The van der Waals surface area contributed by atoms with E-state index in [0.717, 1.165) is 33.7 Å². The molecule has 0 aliphatic rings. The third kappa shape index (κ3) is 3.07. The summed E-state index contributed by atoms with van der Waals surface area (Å²) in [7, 11) is 3.54. The number of hydrogen-bond acceptors (Lipinski definition) is 4. The maximum Gasteiger partial charge on any atom is 0.244 e. The summed E-state index contributed by atoms with van der Waals surface area (Å²) in [5.74, 6) is 0.822. The van der Waals surface area contributed by atoms with Gasteiger partial charge >= 0.3 is 0 Å². The number of rotatable bonds is 4. The van der Waals surface area contributed by atoms with Crippen LogP contribution in [0.25, 0.3) is 10.9 Å². The normalized spacial score (nSPS) is 12.2. The molecule has 0 radical (unpaired) electrons. The lowest BCUT2D eigenvalue weighted by Crippen LogP contribution is -2.29. The van der Waals surface area contributed by atoms with E-state index in [9.17, 15) is 4.79 Å². The van der Waals surface area contributed by atoms with Gasteiger partial charge in [0, 0.05) is 38.1 Å². The minimum absolute atomic E-state index is 0.0581. The Balaban J connectivity index is 2.03. The number of aryl methyl sites for hydroxylation is 2. The third-order valence-electron chi connectivity index (χ3n) is 4.45. The monoisotopic (exact) mass is 337 g/mol. The second-order valence-electron chi connectivity index (χ2n) is 6.44. The predicted molar refractivity (Wildman–Crippen MR) is 100 cm³/mol. The number of carbonyl (C=O) groups excluding carboxylic acids is 1. The molecular weight excluding hydrogens is 314 g/mol. The van der Waals surface area contributed by atoms with Gasteiger partial charge in [0.2, 0.25) is 5.91 Å². The molecule has 0 saturated heterocycles. The van der Waals surface area contributed by atoms with Crippen LogP contribution in [0.3, 0.4) is 0 Å². The largest absolute Gasteiger partial charge is 0.347 e. The minimum Gasteiger partial charge on any atom is -0.347 e. The van der Waals surface area contributed by atoms with E-state index in [2.05, 4.69) is 15.3 Å². The lowest BCUT2D eigenvalue weighted by molar-refractivity contribution is -0.131. The molecule has 1 atom stereocenters. The van der Waals surface area contributed by atoms with Crippen molar-refractivity contribution in [3.8, 4) is 0 Å². The molecule has 1 amide bonds. The maximum atomic E-state index is 12.3. The highest BCUT2D eigenvalue weighted by Gasteiger charge is 2.19. The van der Waals surface area contributed by atoms with Gasteiger partial charge in [-0.2, -0.15) is 0 Å². The Hall–Kier alpha value is -2.89. The molecule has 3 aromatic rings. The molecule has 3 aromatic heterocycles. The molecule has 0 aliphatic heterocycles. The highest BCUT2D eigenvalue weighted by molar-refractivity contribution is 5.93. The van der Waals surface area contributed by atoms with Crippen LogP contribution in [0.1, 0.15) is 24.2 Å². The number of carbonyl (C=O) groups is 1. The zero-order valence-electron chi connectivity index (χ0n) is 15.2. The summed E-state index contributed by atoms with van der Waals surface area (Å²) in [6.07, 6.45) is 5.50. The van der Waals surface area contributed by atoms with Gasteiger partial charge in [0.1, 0.15) is 11.9 Å². The number of likely N-dealkylation sites (N-methyl/N-ethyl adjacent to an activating group) is 1. The first-order valence-electron chi connectivity index (χ1n) is 8.26. The number of amides is 1. The minimum atomic E-state index is -0.274. The SMILES string of the molecule is Cc1ccnc(C)c1Nc1nccc2c1ccn2C(C)C(=O)N(C)C. The summed E-state index contributed by atoms with van der Waals surface area (Å²) in [6, 6.07) is 5.62. The van der Waals surface area contributed by atoms with Crippen LogP contribution in [0, 0.1) is 13.8 Å². The van der Waals surface area contributed by atoms with E-state index in [1.165, 1.54) is 0 Å². The van der Waals surface area contributed by atoms with Crippen LogP contribution in [0.15, 0.2) is 36.8 Å². The van der Waals surface area contributed by atoms with Gasteiger partial charge in [0.25, 0.3) is 0 Å². The van der Waals surface area contributed by atoms with Crippen molar-refractivity contribution in [1.29, 1.82) is 0 Å². The summed E-state index contributed by atoms with van der Waals surface area (Å²) < 4.78 is 1.98. The summed E-state index contributed by atoms with van der Waals surface area (Å²) in [4.78, 5) is 22.8. The molecule has 0 bridgehead atoms. The Morgan fingerprint density at radius 1 is 1.16 bits per heavy atom. The van der Waals surface area contributed by atoms with Gasteiger partial charge < -0.3 is 14.8 Å². The van der Waals surface area contributed by atoms with Crippen LogP contribution in [-0.2, 0) is 4.79 Å². The van der Waals surface area contributed by atoms with Crippen LogP contribution in [0.5, 0.6) is 0 Å². The number of fused-ring (bicyclic) bond motifs is 1. The number of anilines is 2. The topological polar surface area (TPSA) is 63.1 Å². The standard InChI is InChI=1S/C19H23N5O/c1-12-6-9-20-13(2)17(12)22-18-15-8-11-24(16(15)7-10-21-18)14(3)19(25)23(4)5/h6-11,14H,1-5H3,(H,21,22). The molecule has 6 heteroatoms. The lowest BCUT2D eigenvalue weighted by Gasteiger charge is -2.19. The average Bonchev–Trinajstić information content (AvgIpc) is 3.01. The number of nitrogens with zero attached hydrogens (tertiary/aromatic N) is 4. The van der Waals surface area contributed by atoms with Crippen molar-refractivity contribution in [3.63, 3.8) is 0 Å². The molecule has 130 valence electrons. The number of nitrogens with one attached hydrogen (secondary N) is 1. The van der Waals surface area contributed by atoms with Crippen molar-refractivity contribution in [2.24, 2.45) is 0 Å². The van der Waals surface area contributed by atoms with Crippen LogP contribution in [0.4, 0.5) is 11.5 Å². The first kappa shape index (κ1) is 17.0. The van der Waals surface area contributed by atoms with Crippen molar-refractivity contribution in [2.45, 2.75) is 26.8 Å². The van der Waals surface area contributed by atoms with E-state index >= 15 is 0 Å². The van der Waals surface area contributed by atoms with Crippen molar-refractivity contribution < 1.29 is 4.79 Å². The van der Waals surface area contributed by atoms with Crippen LogP contribution in [0.2, 0.25) is 0 Å². The fourth-order valence-electron chi connectivity index (χ4n) is 3.02. The van der Waals surface area contributed by atoms with Gasteiger partial charge in [-0.05, 0) is 44.5 Å². The third-order valence-corrected chi connectivity index (χ3v) is 4.45. The second kappa shape index (κ2) is 6.55. The van der Waals surface area contributed by atoms with Gasteiger partial charge in [0.15, 0.2) is 0 Å². The Kier molecular flexibility index (Phi) is 4.44. The molecule has 3 rings (SSSR count). The highest BCUT2D eigenvalue weighted by Crippen LogP contribution is 2.29. The molecule has 0 spiro atoms. The number of hydrogen-bond donors (Lipinski definition) is 1. The summed E-state index contributed by atoms with van der Waals surface area (Å²) in [5, 5.41) is 4.38. The van der Waals surface area contributed by atoms with Gasteiger partial charge in [-0.15, -0.1) is 0 Å². The Bertz CT molecular complexity index is 908. The van der Waals surface area contributed by atoms with Crippen molar-refractivity contribution in [2.75, 3.05) is 19.4 Å². The van der Waals surface area contributed by atoms with Gasteiger partial charge in [-0.1, -0.05) is 0 Å². The van der Waals surface area contributed by atoms with Crippen LogP contribution < -0.4 is 5.32 Å². The van der Waals surface area contributed by atoms with Gasteiger partial charge in [-0.3, -0.25) is 9.78 Å². The molecule has 25 heavy (non-hydrogen) atoms. The van der Waals surface area contributed by atoms with Crippen LogP contribution >= 0.6 is 0 Å². The Morgan fingerprint density at radius 3 is 2.56 bits per heavy atom. The predicted octanol–water partition coefficient (Wildman–Crippen LogP) is 3.44. The smallest absolute Gasteiger partial charge is 0.244 e. The van der Waals surface area contributed by atoms with E-state index in [1.807, 2.05) is 49.7 Å². The van der Waals surface area contributed by atoms with E-state index in [-0.39, 0.29) is 11.9 Å². The molecule has 6 nitrogen and oxygen atoms in total. The second-order valence-corrected chi connectivity index (χ2v) is 6.44. The summed E-state index contributed by atoms with van der Waals surface area (Å²) in [6.45, 7) is 5.92. The van der Waals surface area contributed by atoms with E-state index in [1.54, 1.807) is 31.4 Å².